The van der Waals surface area contributed by atoms with Crippen molar-refractivity contribution in [1.29, 1.82) is 0 Å². The number of hydrogen-bond donors (Lipinski definition) is 0. The van der Waals surface area contributed by atoms with Crippen LogP contribution in [0.3, 0.4) is 0 Å². The highest BCUT2D eigenvalue weighted by atomic mass is 32.2. The van der Waals surface area contributed by atoms with Crippen molar-refractivity contribution in [3.8, 4) is 23.0 Å². The molecular formula is C19H21N3O5S2. The first kappa shape index (κ1) is 19.9. The summed E-state index contributed by atoms with van der Waals surface area (Å²) < 4.78 is 44.1. The molecule has 0 bridgehead atoms. The van der Waals surface area contributed by atoms with Gasteiger partial charge in [0, 0.05) is 36.0 Å². The Morgan fingerprint density at radius 2 is 1.93 bits per heavy atom. The van der Waals surface area contributed by atoms with E-state index < -0.39 is 10.0 Å². The number of thiophene rings is 1. The predicted molar refractivity (Wildman–Crippen MR) is 108 cm³/mol. The number of nitrogens with zero attached hydrogens (tertiary/aromatic N) is 3. The summed E-state index contributed by atoms with van der Waals surface area (Å²) in [7, 11) is -0.760. The van der Waals surface area contributed by atoms with Crippen LogP contribution >= 0.6 is 11.3 Å². The van der Waals surface area contributed by atoms with Gasteiger partial charge in [-0.1, -0.05) is 0 Å². The molecule has 3 heterocycles. The molecule has 4 rings (SSSR count). The van der Waals surface area contributed by atoms with Crippen LogP contribution in [0.2, 0.25) is 0 Å². The minimum Gasteiger partial charge on any atom is -0.497 e. The van der Waals surface area contributed by atoms with E-state index in [0.29, 0.717) is 49.2 Å². The number of piperidine rings is 1. The van der Waals surface area contributed by atoms with Gasteiger partial charge in [-0.3, -0.25) is 0 Å². The van der Waals surface area contributed by atoms with Crippen molar-refractivity contribution >= 4 is 21.4 Å². The second-order valence-electron chi connectivity index (χ2n) is 6.65. The molecule has 0 radical (unpaired) electrons. The molecule has 1 aliphatic heterocycles. The van der Waals surface area contributed by atoms with Crippen LogP contribution < -0.4 is 9.47 Å². The van der Waals surface area contributed by atoms with Gasteiger partial charge >= 0.3 is 0 Å². The third-order valence-corrected chi connectivity index (χ3v) is 7.60. The lowest BCUT2D eigenvalue weighted by Crippen LogP contribution is -2.38. The monoisotopic (exact) mass is 435 g/mol. The van der Waals surface area contributed by atoms with E-state index >= 15 is 0 Å². The van der Waals surface area contributed by atoms with Crippen LogP contribution in [0.5, 0.6) is 11.5 Å². The van der Waals surface area contributed by atoms with Gasteiger partial charge in [-0.05, 0) is 36.4 Å². The lowest BCUT2D eigenvalue weighted by molar-refractivity contribution is 0.290. The summed E-state index contributed by atoms with van der Waals surface area (Å²) in [4.78, 5) is 0.107. The smallest absolute Gasteiger partial charge is 0.248 e. The summed E-state index contributed by atoms with van der Waals surface area (Å²) in [5, 5.41) is 12.2. The van der Waals surface area contributed by atoms with Gasteiger partial charge in [0.2, 0.25) is 21.8 Å². The van der Waals surface area contributed by atoms with Crippen LogP contribution in [0.1, 0.15) is 24.7 Å². The molecule has 1 saturated heterocycles. The standard InChI is InChI=1S/C19H21N3O5S2/c1-25-15-3-4-16(26-2)17(11-15)29(23,24)22-8-5-13(6-9-22)18-20-21-19(27-18)14-7-10-28-12-14/h3-4,7,10-13H,5-6,8-9H2,1-2H3. The summed E-state index contributed by atoms with van der Waals surface area (Å²) in [6.07, 6.45) is 1.22. The Labute approximate surface area is 173 Å². The molecule has 0 saturated carbocycles. The fourth-order valence-electron chi connectivity index (χ4n) is 3.37. The van der Waals surface area contributed by atoms with Crippen LogP contribution in [0.4, 0.5) is 0 Å². The molecule has 3 aromatic rings. The fraction of sp³-hybridized carbons (Fsp3) is 0.368. The van der Waals surface area contributed by atoms with Gasteiger partial charge in [0.05, 0.1) is 14.2 Å². The minimum atomic E-state index is -3.71. The molecule has 8 nitrogen and oxygen atoms in total. The number of hydrogen-bond acceptors (Lipinski definition) is 8. The first-order chi connectivity index (χ1) is 14.0. The second-order valence-corrected chi connectivity index (χ2v) is 9.34. The van der Waals surface area contributed by atoms with Crippen molar-refractivity contribution in [3.05, 3.63) is 40.9 Å². The summed E-state index contributed by atoms with van der Waals surface area (Å²) in [6, 6.07) is 6.69. The highest BCUT2D eigenvalue weighted by molar-refractivity contribution is 7.89. The van der Waals surface area contributed by atoms with Gasteiger partial charge in [-0.15, -0.1) is 10.2 Å². The number of sulfonamides is 1. The van der Waals surface area contributed by atoms with Gasteiger partial charge in [-0.2, -0.15) is 15.6 Å². The second kappa shape index (κ2) is 8.13. The Balaban J connectivity index is 1.49. The summed E-state index contributed by atoms with van der Waals surface area (Å²) in [6.45, 7) is 0.729. The Kier molecular flexibility index (Phi) is 5.57. The zero-order chi connectivity index (χ0) is 20.4. The summed E-state index contributed by atoms with van der Waals surface area (Å²) >= 11 is 1.57. The molecule has 1 aromatic carbocycles. The normalized spacial score (nSPS) is 16.1. The van der Waals surface area contributed by atoms with Crippen molar-refractivity contribution in [2.45, 2.75) is 23.7 Å². The van der Waals surface area contributed by atoms with E-state index in [2.05, 4.69) is 10.2 Å². The van der Waals surface area contributed by atoms with Crippen molar-refractivity contribution < 1.29 is 22.3 Å². The van der Waals surface area contributed by atoms with Crippen molar-refractivity contribution in [1.82, 2.24) is 14.5 Å². The molecule has 0 aliphatic carbocycles. The van der Waals surface area contributed by atoms with E-state index in [1.807, 2.05) is 16.8 Å². The van der Waals surface area contributed by atoms with Gasteiger partial charge in [-0.25, -0.2) is 8.42 Å². The molecule has 29 heavy (non-hydrogen) atoms. The zero-order valence-electron chi connectivity index (χ0n) is 16.1. The first-order valence-corrected chi connectivity index (χ1v) is 11.5. The van der Waals surface area contributed by atoms with Crippen LogP contribution in [0.15, 0.2) is 44.3 Å². The van der Waals surface area contributed by atoms with Gasteiger partial charge in [0.25, 0.3) is 0 Å². The highest BCUT2D eigenvalue weighted by Crippen LogP contribution is 2.35. The molecule has 2 aromatic heterocycles. The van der Waals surface area contributed by atoms with Crippen LogP contribution in [0, 0.1) is 0 Å². The van der Waals surface area contributed by atoms with Crippen LogP contribution in [0.25, 0.3) is 11.5 Å². The maximum Gasteiger partial charge on any atom is 0.248 e. The molecule has 154 valence electrons. The summed E-state index contributed by atoms with van der Waals surface area (Å²) in [5.41, 5.74) is 0.902. The maximum absolute atomic E-state index is 13.2. The maximum atomic E-state index is 13.2. The lowest BCUT2D eigenvalue weighted by atomic mass is 9.98. The number of aromatic nitrogens is 2. The van der Waals surface area contributed by atoms with E-state index in [4.69, 9.17) is 13.9 Å². The molecule has 0 amide bonds. The van der Waals surface area contributed by atoms with Crippen molar-refractivity contribution in [2.24, 2.45) is 0 Å². The van der Waals surface area contributed by atoms with E-state index in [9.17, 15) is 8.42 Å². The van der Waals surface area contributed by atoms with E-state index in [0.717, 1.165) is 5.56 Å². The SMILES string of the molecule is COc1ccc(OC)c(S(=O)(=O)N2CCC(c3nnc(-c4ccsc4)o3)CC2)c1. The Morgan fingerprint density at radius 1 is 1.14 bits per heavy atom. The number of benzene rings is 1. The molecule has 1 fully saturated rings. The number of rotatable bonds is 6. The van der Waals surface area contributed by atoms with Crippen molar-refractivity contribution in [2.75, 3.05) is 27.3 Å². The van der Waals surface area contributed by atoms with Gasteiger partial charge < -0.3 is 13.9 Å². The Hall–Kier alpha value is -2.43. The van der Waals surface area contributed by atoms with Gasteiger partial charge in [0.15, 0.2) is 0 Å². The molecule has 10 heteroatoms. The molecule has 0 spiro atoms. The number of ether oxygens (including phenoxy) is 2. The van der Waals surface area contributed by atoms with Gasteiger partial charge in [0.1, 0.15) is 16.4 Å². The molecule has 0 unspecified atom stereocenters. The lowest BCUT2D eigenvalue weighted by Gasteiger charge is -2.30. The quantitative estimate of drug-likeness (QED) is 0.586. The van der Waals surface area contributed by atoms with Crippen LogP contribution in [-0.2, 0) is 10.0 Å². The van der Waals surface area contributed by atoms with E-state index in [1.54, 1.807) is 23.5 Å². The Morgan fingerprint density at radius 3 is 2.59 bits per heavy atom. The third-order valence-electron chi connectivity index (χ3n) is 5.00. The molecule has 0 N–H and O–H groups in total. The zero-order valence-corrected chi connectivity index (χ0v) is 17.7. The average molecular weight is 436 g/mol. The largest absolute Gasteiger partial charge is 0.497 e. The average Bonchev–Trinajstić information content (AvgIpc) is 3.45. The highest BCUT2D eigenvalue weighted by Gasteiger charge is 2.34. The Bertz CT molecular complexity index is 1070. The van der Waals surface area contributed by atoms with E-state index in [-0.39, 0.29) is 10.8 Å². The van der Waals surface area contributed by atoms with Crippen molar-refractivity contribution in [3.63, 3.8) is 0 Å². The minimum absolute atomic E-state index is 0.0357. The molecule has 1 aliphatic rings. The topological polar surface area (TPSA) is 94.8 Å². The number of methoxy groups -OCH3 is 2. The van der Waals surface area contributed by atoms with E-state index in [1.165, 1.54) is 24.6 Å². The van der Waals surface area contributed by atoms with Crippen LogP contribution in [-0.4, -0.2) is 50.2 Å². The fourth-order valence-corrected chi connectivity index (χ4v) is 5.64. The summed E-state index contributed by atoms with van der Waals surface area (Å²) in [5.74, 6) is 1.85. The molecular weight excluding hydrogens is 414 g/mol. The third kappa shape index (κ3) is 3.87. The first-order valence-electron chi connectivity index (χ1n) is 9.11. The predicted octanol–water partition coefficient (Wildman–Crippen LogP) is 3.38. The molecule has 0 atom stereocenters.